The highest BCUT2D eigenvalue weighted by molar-refractivity contribution is 6.05. The molecule has 1 aromatic carbocycles. The van der Waals surface area contributed by atoms with Gasteiger partial charge in [0.15, 0.2) is 0 Å². The third-order valence-electron chi connectivity index (χ3n) is 3.83. The molecule has 0 saturated carbocycles. The quantitative estimate of drug-likeness (QED) is 0.526. The first kappa shape index (κ1) is 13.6. The van der Waals surface area contributed by atoms with Crippen molar-refractivity contribution in [3.63, 3.8) is 0 Å². The molecule has 1 saturated heterocycles. The van der Waals surface area contributed by atoms with E-state index in [1.807, 2.05) is 6.07 Å². The zero-order chi connectivity index (χ0) is 15.0. The van der Waals surface area contributed by atoms with Gasteiger partial charge in [0.05, 0.1) is 6.67 Å². The van der Waals surface area contributed by atoms with E-state index in [0.29, 0.717) is 25.2 Å². The Morgan fingerprint density at radius 1 is 1.33 bits per heavy atom. The van der Waals surface area contributed by atoms with Crippen molar-refractivity contribution in [2.45, 2.75) is 25.4 Å². The van der Waals surface area contributed by atoms with Gasteiger partial charge in [-0.1, -0.05) is 0 Å². The summed E-state index contributed by atoms with van der Waals surface area (Å²) in [6.07, 6.45) is 0.634. The minimum absolute atomic E-state index is 0.168. The van der Waals surface area contributed by atoms with Crippen LogP contribution in [0.3, 0.4) is 0 Å². The van der Waals surface area contributed by atoms with Gasteiger partial charge in [-0.25, -0.2) is 0 Å². The standard InChI is InChI=1S/C14H16N4O3/c15-7-16-9-1-2-10-8(5-9)6-18(14(10)21)11-3-4-12(19)17-13(11)20/h1-2,5,11,16H,3-4,6-7,15H2,(H,17,19,20). The van der Waals surface area contributed by atoms with Crippen molar-refractivity contribution in [2.24, 2.45) is 5.73 Å². The molecule has 1 unspecified atom stereocenters. The molecule has 7 heteroatoms. The lowest BCUT2D eigenvalue weighted by Crippen LogP contribution is -2.52. The van der Waals surface area contributed by atoms with Gasteiger partial charge in [-0.2, -0.15) is 0 Å². The Kier molecular flexibility index (Phi) is 3.34. The van der Waals surface area contributed by atoms with Crippen LogP contribution in [0.4, 0.5) is 5.69 Å². The number of imide groups is 1. The van der Waals surface area contributed by atoms with Gasteiger partial charge >= 0.3 is 0 Å². The number of rotatable bonds is 3. The number of nitrogens with zero attached hydrogens (tertiary/aromatic N) is 1. The van der Waals surface area contributed by atoms with Crippen LogP contribution >= 0.6 is 0 Å². The first-order valence-corrected chi connectivity index (χ1v) is 6.81. The van der Waals surface area contributed by atoms with Gasteiger partial charge in [0.2, 0.25) is 11.8 Å². The highest BCUT2D eigenvalue weighted by Gasteiger charge is 2.38. The maximum Gasteiger partial charge on any atom is 0.255 e. The number of hydrogen-bond donors (Lipinski definition) is 3. The number of carbonyl (C=O) groups excluding carboxylic acids is 3. The number of benzene rings is 1. The summed E-state index contributed by atoms with van der Waals surface area (Å²) < 4.78 is 0. The number of nitrogens with two attached hydrogens (primary N) is 1. The number of fused-ring (bicyclic) bond motifs is 1. The second kappa shape index (κ2) is 5.17. The van der Waals surface area contributed by atoms with Crippen LogP contribution in [0.15, 0.2) is 18.2 Å². The summed E-state index contributed by atoms with van der Waals surface area (Å²) in [5, 5.41) is 5.27. The molecule has 0 radical (unpaired) electrons. The number of anilines is 1. The Bertz CT molecular complexity index is 629. The number of piperidine rings is 1. The molecule has 0 spiro atoms. The molecule has 3 amide bonds. The van der Waals surface area contributed by atoms with Crippen LogP contribution in [0, 0.1) is 0 Å². The monoisotopic (exact) mass is 288 g/mol. The molecule has 0 bridgehead atoms. The third kappa shape index (κ3) is 2.36. The van der Waals surface area contributed by atoms with Crippen LogP contribution in [0.25, 0.3) is 0 Å². The zero-order valence-electron chi connectivity index (χ0n) is 11.4. The lowest BCUT2D eigenvalue weighted by molar-refractivity contribution is -0.136. The van der Waals surface area contributed by atoms with Crippen LogP contribution in [-0.4, -0.2) is 35.3 Å². The summed E-state index contributed by atoms with van der Waals surface area (Å²) in [5.41, 5.74) is 7.74. The highest BCUT2D eigenvalue weighted by Crippen LogP contribution is 2.29. The minimum Gasteiger partial charge on any atom is -0.373 e. The van der Waals surface area contributed by atoms with Crippen molar-refractivity contribution >= 4 is 23.4 Å². The maximum absolute atomic E-state index is 12.4. The fourth-order valence-electron chi connectivity index (χ4n) is 2.80. The smallest absolute Gasteiger partial charge is 0.255 e. The van der Waals surface area contributed by atoms with E-state index < -0.39 is 11.9 Å². The molecule has 3 rings (SSSR count). The normalized spacial score (nSPS) is 21.3. The summed E-state index contributed by atoms with van der Waals surface area (Å²) in [5.74, 6) is -0.846. The SMILES string of the molecule is NCNc1ccc2c(c1)CN(C1CCC(=O)NC1=O)C2=O. The van der Waals surface area contributed by atoms with Crippen LogP contribution in [0.2, 0.25) is 0 Å². The van der Waals surface area contributed by atoms with Gasteiger partial charge in [0.1, 0.15) is 6.04 Å². The minimum atomic E-state index is -0.575. The van der Waals surface area contributed by atoms with Crippen LogP contribution in [0.1, 0.15) is 28.8 Å². The second-order valence-electron chi connectivity index (χ2n) is 5.15. The molecule has 4 N–H and O–H groups in total. The molecule has 1 fully saturated rings. The van der Waals surface area contributed by atoms with Gasteiger partial charge in [-0.15, -0.1) is 0 Å². The summed E-state index contributed by atoms with van der Waals surface area (Å²) >= 11 is 0. The average molecular weight is 288 g/mol. The van der Waals surface area contributed by atoms with Crippen molar-refractivity contribution < 1.29 is 14.4 Å². The maximum atomic E-state index is 12.4. The van der Waals surface area contributed by atoms with Crippen molar-refractivity contribution in [1.82, 2.24) is 10.2 Å². The lowest BCUT2D eigenvalue weighted by Gasteiger charge is -2.29. The van der Waals surface area contributed by atoms with Crippen molar-refractivity contribution in [2.75, 3.05) is 12.0 Å². The van der Waals surface area contributed by atoms with Crippen molar-refractivity contribution in [3.8, 4) is 0 Å². The van der Waals surface area contributed by atoms with Crippen LogP contribution in [-0.2, 0) is 16.1 Å². The Balaban J connectivity index is 1.83. The van der Waals surface area contributed by atoms with Crippen molar-refractivity contribution in [3.05, 3.63) is 29.3 Å². The van der Waals surface area contributed by atoms with Gasteiger partial charge in [0.25, 0.3) is 5.91 Å². The molecular weight excluding hydrogens is 272 g/mol. The average Bonchev–Trinajstić information content (AvgIpc) is 2.76. The zero-order valence-corrected chi connectivity index (χ0v) is 11.4. The first-order chi connectivity index (χ1) is 10.1. The summed E-state index contributed by atoms with van der Waals surface area (Å²) in [6.45, 7) is 0.685. The number of carbonyl (C=O) groups is 3. The van der Waals surface area contributed by atoms with Gasteiger partial charge in [0, 0.05) is 24.2 Å². The molecule has 2 aliphatic heterocycles. The number of hydrogen-bond acceptors (Lipinski definition) is 5. The predicted octanol–water partition coefficient (Wildman–Crippen LogP) is -0.224. The lowest BCUT2D eigenvalue weighted by atomic mass is 10.0. The van der Waals surface area contributed by atoms with E-state index in [2.05, 4.69) is 10.6 Å². The van der Waals surface area contributed by atoms with Crippen LogP contribution < -0.4 is 16.4 Å². The summed E-state index contributed by atoms with van der Waals surface area (Å²) in [4.78, 5) is 37.0. The van der Waals surface area contributed by atoms with E-state index in [4.69, 9.17) is 5.73 Å². The van der Waals surface area contributed by atoms with E-state index in [-0.39, 0.29) is 18.2 Å². The topological polar surface area (TPSA) is 105 Å². The van der Waals surface area contributed by atoms with E-state index in [1.54, 1.807) is 12.1 Å². The molecule has 110 valence electrons. The highest BCUT2D eigenvalue weighted by atomic mass is 16.2. The predicted molar refractivity (Wildman–Crippen MR) is 75.2 cm³/mol. The number of amides is 3. The Hall–Kier alpha value is -2.41. The molecule has 0 aromatic heterocycles. The molecule has 2 aliphatic rings. The molecule has 1 aromatic rings. The molecule has 7 nitrogen and oxygen atoms in total. The Morgan fingerprint density at radius 2 is 2.14 bits per heavy atom. The number of nitrogens with one attached hydrogen (secondary N) is 2. The van der Waals surface area contributed by atoms with Crippen molar-refractivity contribution in [1.29, 1.82) is 0 Å². The van der Waals surface area contributed by atoms with Gasteiger partial charge in [-0.3, -0.25) is 19.7 Å². The van der Waals surface area contributed by atoms with Gasteiger partial charge in [-0.05, 0) is 30.2 Å². The molecule has 21 heavy (non-hydrogen) atoms. The summed E-state index contributed by atoms with van der Waals surface area (Å²) in [6, 6.07) is 4.82. The van der Waals surface area contributed by atoms with E-state index in [0.717, 1.165) is 11.3 Å². The molecule has 2 heterocycles. The first-order valence-electron chi connectivity index (χ1n) is 6.81. The fourth-order valence-corrected chi connectivity index (χ4v) is 2.80. The largest absolute Gasteiger partial charge is 0.373 e. The van der Waals surface area contributed by atoms with E-state index in [1.165, 1.54) is 4.90 Å². The van der Waals surface area contributed by atoms with Crippen LogP contribution in [0.5, 0.6) is 0 Å². The summed E-state index contributed by atoms with van der Waals surface area (Å²) in [7, 11) is 0. The van der Waals surface area contributed by atoms with Gasteiger partial charge < -0.3 is 16.0 Å². The Morgan fingerprint density at radius 3 is 2.86 bits per heavy atom. The Labute approximate surface area is 121 Å². The second-order valence-corrected chi connectivity index (χ2v) is 5.15. The molecule has 0 aliphatic carbocycles. The molecular formula is C14H16N4O3. The third-order valence-corrected chi connectivity index (χ3v) is 3.83. The van der Waals surface area contributed by atoms with E-state index >= 15 is 0 Å². The van der Waals surface area contributed by atoms with E-state index in [9.17, 15) is 14.4 Å². The molecule has 1 atom stereocenters. The fraction of sp³-hybridized carbons (Fsp3) is 0.357.